The van der Waals surface area contributed by atoms with Crippen molar-refractivity contribution in [3.05, 3.63) is 33.6 Å². The van der Waals surface area contributed by atoms with Crippen LogP contribution in [0.15, 0.2) is 24.4 Å². The van der Waals surface area contributed by atoms with Crippen LogP contribution in [0, 0.1) is 0 Å². The lowest BCUT2D eigenvalue weighted by Gasteiger charge is -2.35. The molecule has 0 saturated carbocycles. The third kappa shape index (κ3) is 3.77. The molecule has 4 heterocycles. The molecule has 0 radical (unpaired) electrons. The minimum absolute atomic E-state index is 0.0506. The quantitative estimate of drug-likeness (QED) is 0.794. The predicted molar refractivity (Wildman–Crippen MR) is 103 cm³/mol. The van der Waals surface area contributed by atoms with E-state index in [1.807, 2.05) is 4.90 Å². The first-order valence-corrected chi connectivity index (χ1v) is 9.85. The Morgan fingerprint density at radius 2 is 1.85 bits per heavy atom. The molecule has 0 bridgehead atoms. The van der Waals surface area contributed by atoms with Gasteiger partial charge in [0.2, 0.25) is 0 Å². The Kier molecular flexibility index (Phi) is 5.23. The predicted octanol–water partition coefficient (Wildman–Crippen LogP) is 1.99. The Morgan fingerprint density at radius 1 is 1.08 bits per heavy atom. The van der Waals surface area contributed by atoms with Crippen molar-refractivity contribution in [1.29, 1.82) is 0 Å². The van der Waals surface area contributed by atoms with Gasteiger partial charge in [-0.2, -0.15) is 5.10 Å². The van der Waals surface area contributed by atoms with Crippen LogP contribution in [-0.2, 0) is 4.74 Å². The summed E-state index contributed by atoms with van der Waals surface area (Å²) in [5.41, 5.74) is 1.07. The highest BCUT2D eigenvalue weighted by Crippen LogP contribution is 2.24. The SMILES string of the molecule is O=C(c1ccc(Cl)s1)N1CCN(c2cc(N3CCOCC3)cnn2)CC1. The fourth-order valence-corrected chi connectivity index (χ4v) is 4.23. The summed E-state index contributed by atoms with van der Waals surface area (Å²) in [5, 5.41) is 8.46. The highest BCUT2D eigenvalue weighted by atomic mass is 35.5. The summed E-state index contributed by atoms with van der Waals surface area (Å²) in [6.07, 6.45) is 1.80. The zero-order valence-electron chi connectivity index (χ0n) is 14.3. The van der Waals surface area contributed by atoms with Crippen LogP contribution in [0.4, 0.5) is 11.5 Å². The lowest BCUT2D eigenvalue weighted by molar-refractivity contribution is 0.0751. The topological polar surface area (TPSA) is 61.8 Å². The summed E-state index contributed by atoms with van der Waals surface area (Å²) in [4.78, 5) is 19.5. The van der Waals surface area contributed by atoms with Gasteiger partial charge in [-0.15, -0.1) is 16.4 Å². The van der Waals surface area contributed by atoms with Crippen LogP contribution in [-0.4, -0.2) is 73.5 Å². The van der Waals surface area contributed by atoms with Crippen molar-refractivity contribution in [2.45, 2.75) is 0 Å². The summed E-state index contributed by atoms with van der Waals surface area (Å²) < 4.78 is 6.05. The highest BCUT2D eigenvalue weighted by Gasteiger charge is 2.24. The van der Waals surface area contributed by atoms with Gasteiger partial charge in [0.1, 0.15) is 0 Å². The summed E-state index contributed by atoms with van der Waals surface area (Å²) in [6.45, 7) is 6.04. The molecule has 9 heteroatoms. The second-order valence-electron chi connectivity index (χ2n) is 6.25. The number of amides is 1. The van der Waals surface area contributed by atoms with Crippen molar-refractivity contribution in [2.75, 3.05) is 62.3 Å². The first-order valence-electron chi connectivity index (χ1n) is 8.66. The van der Waals surface area contributed by atoms with Gasteiger partial charge in [0.25, 0.3) is 5.91 Å². The van der Waals surface area contributed by atoms with Gasteiger partial charge in [-0.3, -0.25) is 4.79 Å². The van der Waals surface area contributed by atoms with Crippen molar-refractivity contribution in [3.8, 4) is 0 Å². The van der Waals surface area contributed by atoms with E-state index in [9.17, 15) is 4.79 Å². The van der Waals surface area contributed by atoms with E-state index >= 15 is 0 Å². The van der Waals surface area contributed by atoms with Crippen molar-refractivity contribution in [1.82, 2.24) is 15.1 Å². The summed E-state index contributed by atoms with van der Waals surface area (Å²) in [7, 11) is 0. The van der Waals surface area contributed by atoms with E-state index in [-0.39, 0.29) is 5.91 Å². The van der Waals surface area contributed by atoms with Crippen molar-refractivity contribution in [2.24, 2.45) is 0 Å². The molecule has 26 heavy (non-hydrogen) atoms. The zero-order valence-corrected chi connectivity index (χ0v) is 15.9. The van der Waals surface area contributed by atoms with E-state index in [1.165, 1.54) is 11.3 Å². The van der Waals surface area contributed by atoms with E-state index in [4.69, 9.17) is 16.3 Å². The van der Waals surface area contributed by atoms with Gasteiger partial charge in [0, 0.05) is 45.3 Å². The smallest absolute Gasteiger partial charge is 0.264 e. The molecule has 2 aliphatic heterocycles. The molecule has 0 N–H and O–H groups in total. The molecule has 138 valence electrons. The molecule has 7 nitrogen and oxygen atoms in total. The molecule has 2 aliphatic rings. The van der Waals surface area contributed by atoms with Crippen molar-refractivity contribution < 1.29 is 9.53 Å². The van der Waals surface area contributed by atoms with E-state index in [0.29, 0.717) is 22.3 Å². The molecule has 0 atom stereocenters. The molecule has 2 aromatic rings. The average Bonchev–Trinajstić information content (AvgIpc) is 3.15. The summed E-state index contributed by atoms with van der Waals surface area (Å²) >= 11 is 7.26. The van der Waals surface area contributed by atoms with Crippen molar-refractivity contribution >= 4 is 40.4 Å². The van der Waals surface area contributed by atoms with Crippen LogP contribution in [0.1, 0.15) is 9.67 Å². The number of nitrogens with zero attached hydrogens (tertiary/aromatic N) is 5. The van der Waals surface area contributed by atoms with Gasteiger partial charge in [-0.25, -0.2) is 0 Å². The van der Waals surface area contributed by atoms with Gasteiger partial charge >= 0.3 is 0 Å². The van der Waals surface area contributed by atoms with E-state index in [2.05, 4.69) is 26.1 Å². The molecule has 2 aromatic heterocycles. The Labute approximate surface area is 161 Å². The van der Waals surface area contributed by atoms with Crippen LogP contribution in [0.5, 0.6) is 0 Å². The largest absolute Gasteiger partial charge is 0.378 e. The third-order valence-corrected chi connectivity index (χ3v) is 5.90. The van der Waals surface area contributed by atoms with Crippen molar-refractivity contribution in [3.63, 3.8) is 0 Å². The number of morpholine rings is 1. The van der Waals surface area contributed by atoms with Crippen LogP contribution < -0.4 is 9.80 Å². The fraction of sp³-hybridized carbons (Fsp3) is 0.471. The van der Waals surface area contributed by atoms with E-state index < -0.39 is 0 Å². The third-order valence-electron chi connectivity index (χ3n) is 4.68. The minimum atomic E-state index is 0.0506. The number of rotatable bonds is 3. The summed E-state index contributed by atoms with van der Waals surface area (Å²) in [6, 6.07) is 5.64. The second-order valence-corrected chi connectivity index (χ2v) is 7.97. The fourth-order valence-electron chi connectivity index (χ4n) is 3.22. The molecule has 2 saturated heterocycles. The lowest BCUT2D eigenvalue weighted by Crippen LogP contribution is -2.49. The number of hydrogen-bond donors (Lipinski definition) is 0. The average molecular weight is 394 g/mol. The number of piperazine rings is 1. The molecule has 2 fully saturated rings. The zero-order chi connectivity index (χ0) is 17.9. The summed E-state index contributed by atoms with van der Waals surface area (Å²) in [5.74, 6) is 0.912. The maximum atomic E-state index is 12.5. The monoisotopic (exact) mass is 393 g/mol. The number of ether oxygens (including phenoxy) is 1. The Bertz CT molecular complexity index is 772. The van der Waals surface area contributed by atoms with Crippen LogP contribution in [0.2, 0.25) is 4.34 Å². The van der Waals surface area contributed by atoms with Gasteiger partial charge < -0.3 is 19.4 Å². The number of thiophene rings is 1. The first-order chi connectivity index (χ1) is 12.7. The maximum Gasteiger partial charge on any atom is 0.264 e. The second kappa shape index (κ2) is 7.77. The first kappa shape index (κ1) is 17.5. The highest BCUT2D eigenvalue weighted by molar-refractivity contribution is 7.17. The Hall–Kier alpha value is -1.90. The molecule has 1 amide bonds. The van der Waals surface area contributed by atoms with E-state index in [1.54, 1.807) is 18.3 Å². The standard InChI is InChI=1S/C17H20ClN5O2S/c18-15-2-1-14(26-15)17(24)23-5-3-22(4-6-23)16-11-13(12-19-20-16)21-7-9-25-10-8-21/h1-2,11-12H,3-10H2. The van der Waals surface area contributed by atoms with Crippen LogP contribution >= 0.6 is 22.9 Å². The molecule has 0 spiro atoms. The van der Waals surface area contributed by atoms with Gasteiger partial charge in [0.05, 0.1) is 34.3 Å². The van der Waals surface area contributed by atoms with Gasteiger partial charge in [-0.1, -0.05) is 11.6 Å². The number of carbonyl (C=O) groups excluding carboxylic acids is 1. The number of anilines is 2. The molecule has 0 aliphatic carbocycles. The molecular formula is C17H20ClN5O2S. The van der Waals surface area contributed by atoms with Gasteiger partial charge in [-0.05, 0) is 12.1 Å². The molecular weight excluding hydrogens is 374 g/mol. The number of carbonyl (C=O) groups is 1. The van der Waals surface area contributed by atoms with Crippen LogP contribution in [0.3, 0.4) is 0 Å². The van der Waals surface area contributed by atoms with Gasteiger partial charge in [0.15, 0.2) is 5.82 Å². The Balaban J connectivity index is 1.39. The minimum Gasteiger partial charge on any atom is -0.378 e. The normalized spacial score (nSPS) is 18.3. The number of aromatic nitrogens is 2. The molecule has 0 unspecified atom stereocenters. The van der Waals surface area contributed by atoms with E-state index in [0.717, 1.165) is 50.9 Å². The molecule has 4 rings (SSSR count). The molecule has 0 aromatic carbocycles. The maximum absolute atomic E-state index is 12.5. The lowest BCUT2D eigenvalue weighted by atomic mass is 10.2. The Morgan fingerprint density at radius 3 is 2.54 bits per heavy atom. The van der Waals surface area contributed by atoms with Crippen LogP contribution in [0.25, 0.3) is 0 Å². The number of hydrogen-bond acceptors (Lipinski definition) is 7. The number of halogens is 1.